The molecule has 0 spiro atoms. The highest BCUT2D eigenvalue weighted by Gasteiger charge is 2.50. The highest BCUT2D eigenvalue weighted by atomic mass is 28.4. The molecule has 0 saturated heterocycles. The molecule has 5 heteroatoms. The first-order chi connectivity index (χ1) is 10.1. The summed E-state index contributed by atoms with van der Waals surface area (Å²) >= 11 is 0. The van der Waals surface area contributed by atoms with Crippen molar-refractivity contribution in [1.29, 1.82) is 0 Å². The van der Waals surface area contributed by atoms with Gasteiger partial charge in [-0.1, -0.05) is 39.8 Å². The molecule has 126 valence electrons. The predicted octanol–water partition coefficient (Wildman–Crippen LogP) is 4.12. The average Bonchev–Trinajstić information content (AvgIpc) is 2.48. The average molecular weight is 319 g/mol. The van der Waals surface area contributed by atoms with Gasteiger partial charge in [-0.25, -0.2) is 0 Å². The van der Waals surface area contributed by atoms with Gasteiger partial charge >= 0.3 is 8.80 Å². The first kappa shape index (κ1) is 20.8. The fourth-order valence-corrected chi connectivity index (χ4v) is 4.91. The minimum Gasteiger partial charge on any atom is -0.372 e. The summed E-state index contributed by atoms with van der Waals surface area (Å²) in [6.07, 6.45) is 3.64. The van der Waals surface area contributed by atoms with Crippen LogP contribution in [0.15, 0.2) is 12.2 Å². The Morgan fingerprint density at radius 1 is 0.905 bits per heavy atom. The highest BCUT2D eigenvalue weighted by molar-refractivity contribution is 6.62. The van der Waals surface area contributed by atoms with E-state index in [4.69, 9.17) is 18.0 Å². The molecule has 1 atom stereocenters. The normalized spacial score (nSPS) is 13.4. The van der Waals surface area contributed by atoms with Crippen LogP contribution in [0.5, 0.6) is 0 Å². The number of ether oxygens (including phenoxy) is 1. The molecular weight excluding hydrogens is 284 g/mol. The zero-order valence-corrected chi connectivity index (χ0v) is 15.6. The SMILES string of the molecule is C=C(C)COC(CC)[Si](OCCC)(OCCC)OCCC. The van der Waals surface area contributed by atoms with Gasteiger partial charge in [0.15, 0.2) is 0 Å². The van der Waals surface area contributed by atoms with E-state index in [0.717, 1.165) is 31.3 Å². The maximum atomic E-state index is 6.11. The standard InChI is InChI=1S/C16H34O4Si/c1-7-11-18-21(19-12-8-2,20-13-9-3)16(10-4)17-14-15(5)6/h16H,5,7-14H2,1-4,6H3. The number of hydrogen-bond acceptors (Lipinski definition) is 4. The van der Waals surface area contributed by atoms with E-state index in [0.29, 0.717) is 26.4 Å². The Hall–Kier alpha value is -0.203. The van der Waals surface area contributed by atoms with Gasteiger partial charge in [-0.15, -0.1) is 0 Å². The molecule has 0 rings (SSSR count). The van der Waals surface area contributed by atoms with Crippen LogP contribution in [0.2, 0.25) is 0 Å². The van der Waals surface area contributed by atoms with Gasteiger partial charge in [-0.05, 0) is 32.6 Å². The quantitative estimate of drug-likeness (QED) is 0.357. The molecule has 0 saturated carbocycles. The Labute approximate surface area is 132 Å². The molecule has 0 radical (unpaired) electrons. The van der Waals surface area contributed by atoms with Crippen molar-refractivity contribution in [1.82, 2.24) is 0 Å². The molecule has 0 bridgehead atoms. The summed E-state index contributed by atoms with van der Waals surface area (Å²) in [5, 5.41) is 0. The molecule has 0 aromatic rings. The smallest absolute Gasteiger partial charge is 0.372 e. The third-order valence-corrected chi connectivity index (χ3v) is 6.00. The van der Waals surface area contributed by atoms with Crippen LogP contribution in [-0.2, 0) is 18.0 Å². The fraction of sp³-hybridized carbons (Fsp3) is 0.875. The predicted molar refractivity (Wildman–Crippen MR) is 89.3 cm³/mol. The van der Waals surface area contributed by atoms with E-state index in [1.54, 1.807) is 0 Å². The molecule has 0 N–H and O–H groups in total. The maximum Gasteiger partial charge on any atom is 0.531 e. The van der Waals surface area contributed by atoms with Crippen molar-refractivity contribution in [3.05, 3.63) is 12.2 Å². The van der Waals surface area contributed by atoms with Crippen molar-refractivity contribution in [2.24, 2.45) is 0 Å². The summed E-state index contributed by atoms with van der Waals surface area (Å²) in [6.45, 7) is 16.7. The van der Waals surface area contributed by atoms with E-state index in [9.17, 15) is 0 Å². The maximum absolute atomic E-state index is 6.11. The summed E-state index contributed by atoms with van der Waals surface area (Å²) in [7, 11) is -2.82. The van der Waals surface area contributed by atoms with E-state index in [2.05, 4.69) is 34.3 Å². The van der Waals surface area contributed by atoms with E-state index in [1.165, 1.54) is 0 Å². The van der Waals surface area contributed by atoms with Gasteiger partial charge in [0.05, 0.1) is 6.61 Å². The molecule has 0 fully saturated rings. The van der Waals surface area contributed by atoms with Crippen LogP contribution in [-0.4, -0.2) is 41.0 Å². The van der Waals surface area contributed by atoms with Crippen molar-refractivity contribution < 1.29 is 18.0 Å². The van der Waals surface area contributed by atoms with Gasteiger partial charge in [-0.3, -0.25) is 0 Å². The van der Waals surface area contributed by atoms with Gasteiger partial charge in [0, 0.05) is 19.8 Å². The van der Waals surface area contributed by atoms with E-state index < -0.39 is 8.80 Å². The molecule has 21 heavy (non-hydrogen) atoms. The number of hydrogen-bond donors (Lipinski definition) is 0. The van der Waals surface area contributed by atoms with E-state index >= 15 is 0 Å². The second kappa shape index (κ2) is 12.4. The minimum absolute atomic E-state index is 0.126. The van der Waals surface area contributed by atoms with Gasteiger partial charge in [0.2, 0.25) is 0 Å². The molecule has 4 nitrogen and oxygen atoms in total. The third-order valence-electron chi connectivity index (χ3n) is 2.82. The lowest BCUT2D eigenvalue weighted by Gasteiger charge is -2.35. The summed E-state index contributed by atoms with van der Waals surface area (Å²) in [4.78, 5) is 0. The third kappa shape index (κ3) is 8.12. The molecule has 0 aliphatic heterocycles. The summed E-state index contributed by atoms with van der Waals surface area (Å²) in [5.41, 5.74) is 0.872. The summed E-state index contributed by atoms with van der Waals surface area (Å²) in [5.74, 6) is 0. The largest absolute Gasteiger partial charge is 0.531 e. The molecule has 0 aliphatic rings. The van der Waals surface area contributed by atoms with Gasteiger partial charge in [0.25, 0.3) is 0 Å². The van der Waals surface area contributed by atoms with Crippen LogP contribution in [0.4, 0.5) is 0 Å². The summed E-state index contributed by atoms with van der Waals surface area (Å²) in [6, 6.07) is 0. The molecule has 0 amide bonds. The Balaban J connectivity index is 5.06. The van der Waals surface area contributed by atoms with Gasteiger partial charge in [0.1, 0.15) is 5.73 Å². The second-order valence-electron chi connectivity index (χ2n) is 5.31. The van der Waals surface area contributed by atoms with Crippen molar-refractivity contribution in [2.45, 2.75) is 66.0 Å². The van der Waals surface area contributed by atoms with E-state index in [-0.39, 0.29) is 5.73 Å². The zero-order chi connectivity index (χ0) is 16.1. The fourth-order valence-electron chi connectivity index (χ4n) is 1.85. The van der Waals surface area contributed by atoms with Crippen molar-refractivity contribution in [3.63, 3.8) is 0 Å². The Morgan fingerprint density at radius 2 is 1.33 bits per heavy atom. The lowest BCUT2D eigenvalue weighted by atomic mass is 10.4. The van der Waals surface area contributed by atoms with Crippen molar-refractivity contribution in [3.8, 4) is 0 Å². The van der Waals surface area contributed by atoms with Crippen LogP contribution in [0.25, 0.3) is 0 Å². The lowest BCUT2D eigenvalue weighted by molar-refractivity contribution is -0.0113. The lowest BCUT2D eigenvalue weighted by Crippen LogP contribution is -2.58. The second-order valence-corrected chi connectivity index (χ2v) is 8.03. The molecule has 1 unspecified atom stereocenters. The molecule has 0 aromatic heterocycles. The molecule has 0 aromatic carbocycles. The monoisotopic (exact) mass is 318 g/mol. The van der Waals surface area contributed by atoms with Crippen LogP contribution < -0.4 is 0 Å². The van der Waals surface area contributed by atoms with E-state index in [1.807, 2.05) is 6.92 Å². The molecule has 0 aliphatic carbocycles. The van der Waals surface area contributed by atoms with Crippen LogP contribution in [0.3, 0.4) is 0 Å². The Kier molecular flexibility index (Phi) is 12.2. The Morgan fingerprint density at radius 3 is 1.62 bits per heavy atom. The summed E-state index contributed by atoms with van der Waals surface area (Å²) < 4.78 is 24.3. The first-order valence-corrected chi connectivity index (χ1v) is 10.0. The number of rotatable bonds is 14. The van der Waals surface area contributed by atoms with Gasteiger partial charge in [-0.2, -0.15) is 0 Å². The molecule has 0 heterocycles. The van der Waals surface area contributed by atoms with Gasteiger partial charge < -0.3 is 18.0 Å². The van der Waals surface area contributed by atoms with Crippen molar-refractivity contribution in [2.75, 3.05) is 26.4 Å². The van der Waals surface area contributed by atoms with Crippen molar-refractivity contribution >= 4 is 8.80 Å². The van der Waals surface area contributed by atoms with Crippen LogP contribution in [0, 0.1) is 0 Å². The first-order valence-electron chi connectivity index (χ1n) is 8.24. The topological polar surface area (TPSA) is 36.9 Å². The minimum atomic E-state index is -2.82. The highest BCUT2D eigenvalue weighted by Crippen LogP contribution is 2.22. The molecular formula is C16H34O4Si. The Bertz CT molecular complexity index is 249. The zero-order valence-electron chi connectivity index (χ0n) is 14.6. The van der Waals surface area contributed by atoms with Crippen LogP contribution in [0.1, 0.15) is 60.3 Å². The van der Waals surface area contributed by atoms with Crippen LogP contribution >= 0.6 is 0 Å².